The minimum atomic E-state index is -1.22. The van der Waals surface area contributed by atoms with Crippen LogP contribution in [0.2, 0.25) is 0 Å². The van der Waals surface area contributed by atoms with E-state index in [1.807, 2.05) is 0 Å². The molecule has 0 spiro atoms. The molecule has 0 saturated carbocycles. The maximum absolute atomic E-state index is 11.0. The van der Waals surface area contributed by atoms with Crippen molar-refractivity contribution < 1.29 is 19.7 Å². The van der Waals surface area contributed by atoms with Gasteiger partial charge in [0.15, 0.2) is 0 Å². The topological polar surface area (TPSA) is 95.4 Å². The Morgan fingerprint density at radius 3 is 3.06 bits per heavy atom. The van der Waals surface area contributed by atoms with Crippen LogP contribution in [0.25, 0.3) is 11.0 Å². The molecule has 0 saturated heterocycles. The van der Waals surface area contributed by atoms with Crippen molar-refractivity contribution in [3.05, 3.63) is 30.1 Å². The second kappa shape index (κ2) is 5.16. The number of aliphatic hydroxyl groups excluding tert-OH is 2. The zero-order valence-corrected chi connectivity index (χ0v) is 9.83. The molecule has 2 unspecified atom stereocenters. The van der Waals surface area contributed by atoms with E-state index in [0.717, 1.165) is 11.0 Å². The molecule has 0 radical (unpaired) electrons. The summed E-state index contributed by atoms with van der Waals surface area (Å²) in [6, 6.07) is 3.49. The zero-order chi connectivity index (χ0) is 13.1. The molecule has 6 heteroatoms. The summed E-state index contributed by atoms with van der Waals surface area (Å²) in [5.74, 6) is -0.574. The number of fused-ring (bicyclic) bond motifs is 1. The Kier molecular flexibility index (Phi) is 3.59. The summed E-state index contributed by atoms with van der Waals surface area (Å²) in [5, 5.41) is 19.6. The monoisotopic (exact) mass is 250 g/mol. The van der Waals surface area contributed by atoms with Crippen LogP contribution in [0.1, 0.15) is 18.1 Å². The number of rotatable bonds is 4. The maximum Gasteiger partial charge on any atom is 0.308 e. The van der Waals surface area contributed by atoms with Gasteiger partial charge in [0.25, 0.3) is 0 Å². The van der Waals surface area contributed by atoms with Crippen LogP contribution in [-0.4, -0.2) is 39.4 Å². The number of carbonyl (C=O) groups excluding carboxylic acids is 1. The number of ether oxygens (including phenoxy) is 1. The molecule has 0 bridgehead atoms. The van der Waals surface area contributed by atoms with E-state index in [1.54, 1.807) is 18.3 Å². The highest BCUT2D eigenvalue weighted by atomic mass is 16.5. The number of pyridine rings is 1. The molecule has 2 heterocycles. The zero-order valence-electron chi connectivity index (χ0n) is 9.83. The lowest BCUT2D eigenvalue weighted by molar-refractivity contribution is -0.144. The normalized spacial score (nSPS) is 14.4. The molecule has 2 aromatic rings. The molecule has 0 aromatic carbocycles. The number of hydrogen-bond donors (Lipinski definition) is 3. The largest absolute Gasteiger partial charge is 0.469 e. The van der Waals surface area contributed by atoms with Gasteiger partial charge >= 0.3 is 5.97 Å². The van der Waals surface area contributed by atoms with E-state index in [2.05, 4.69) is 14.7 Å². The van der Waals surface area contributed by atoms with Crippen LogP contribution in [0, 0.1) is 0 Å². The minimum Gasteiger partial charge on any atom is -0.469 e. The highest BCUT2D eigenvalue weighted by molar-refractivity contribution is 5.75. The second-order valence-electron chi connectivity index (χ2n) is 3.97. The van der Waals surface area contributed by atoms with Gasteiger partial charge in [-0.3, -0.25) is 9.78 Å². The number of nitrogens with zero attached hydrogens (tertiary/aromatic N) is 1. The molecule has 6 nitrogen and oxygen atoms in total. The molecule has 18 heavy (non-hydrogen) atoms. The fraction of sp³-hybridized carbons (Fsp3) is 0.333. The Labute approximate surface area is 103 Å². The lowest BCUT2D eigenvalue weighted by Crippen LogP contribution is -2.22. The third-order valence-electron chi connectivity index (χ3n) is 2.73. The van der Waals surface area contributed by atoms with Gasteiger partial charge in [-0.1, -0.05) is 0 Å². The van der Waals surface area contributed by atoms with Crippen LogP contribution in [0.3, 0.4) is 0 Å². The van der Waals surface area contributed by atoms with Gasteiger partial charge in [0, 0.05) is 18.0 Å². The molecule has 0 amide bonds. The van der Waals surface area contributed by atoms with Gasteiger partial charge in [0.2, 0.25) is 0 Å². The fourth-order valence-electron chi connectivity index (χ4n) is 1.70. The minimum absolute atomic E-state index is 0.263. The Hall–Kier alpha value is -1.92. The quantitative estimate of drug-likeness (QED) is 0.687. The van der Waals surface area contributed by atoms with Gasteiger partial charge in [-0.15, -0.1) is 0 Å². The van der Waals surface area contributed by atoms with Crippen LogP contribution >= 0.6 is 0 Å². The first kappa shape index (κ1) is 12.5. The predicted molar refractivity (Wildman–Crippen MR) is 63.7 cm³/mol. The van der Waals surface area contributed by atoms with Gasteiger partial charge in [-0.2, -0.15) is 0 Å². The summed E-state index contributed by atoms with van der Waals surface area (Å²) in [6.07, 6.45) is 0.552. The average molecular weight is 250 g/mol. The van der Waals surface area contributed by atoms with Crippen molar-refractivity contribution in [1.82, 2.24) is 9.97 Å². The molecule has 2 rings (SSSR count). The number of hydrogen-bond acceptors (Lipinski definition) is 5. The summed E-state index contributed by atoms with van der Waals surface area (Å²) < 4.78 is 4.43. The van der Waals surface area contributed by atoms with Gasteiger partial charge in [0.1, 0.15) is 6.10 Å². The van der Waals surface area contributed by atoms with E-state index >= 15 is 0 Å². The van der Waals surface area contributed by atoms with Gasteiger partial charge in [-0.05, 0) is 12.1 Å². The molecular weight excluding hydrogens is 236 g/mol. The molecule has 0 aliphatic rings. The van der Waals surface area contributed by atoms with Crippen molar-refractivity contribution in [3.8, 4) is 0 Å². The highest BCUT2D eigenvalue weighted by Crippen LogP contribution is 2.21. The van der Waals surface area contributed by atoms with Gasteiger partial charge in [-0.25, -0.2) is 0 Å². The number of carbonyl (C=O) groups is 1. The van der Waals surface area contributed by atoms with Crippen LogP contribution < -0.4 is 0 Å². The van der Waals surface area contributed by atoms with Gasteiger partial charge in [0.05, 0.1) is 30.7 Å². The van der Waals surface area contributed by atoms with Crippen molar-refractivity contribution >= 4 is 17.0 Å². The number of esters is 1. The lowest BCUT2D eigenvalue weighted by Gasteiger charge is -2.16. The number of aromatic nitrogens is 2. The van der Waals surface area contributed by atoms with Crippen molar-refractivity contribution in [1.29, 1.82) is 0 Å². The molecule has 3 N–H and O–H groups in total. The van der Waals surface area contributed by atoms with Crippen LogP contribution in [0.15, 0.2) is 24.5 Å². The number of aliphatic hydroxyl groups is 2. The van der Waals surface area contributed by atoms with E-state index in [-0.39, 0.29) is 6.42 Å². The average Bonchev–Trinajstić information content (AvgIpc) is 2.84. The van der Waals surface area contributed by atoms with Crippen molar-refractivity contribution in [2.24, 2.45) is 0 Å². The smallest absolute Gasteiger partial charge is 0.308 e. The standard InChI is InChI=1S/C12H14N2O4/c1-18-11(16)5-10(15)12(17)7-4-9-8(14-6-7)2-3-13-9/h2-4,6,10,12-13,15,17H,5H2,1H3. The summed E-state index contributed by atoms with van der Waals surface area (Å²) in [5.41, 5.74) is 1.98. The van der Waals surface area contributed by atoms with Gasteiger partial charge < -0.3 is 19.9 Å². The third-order valence-corrected chi connectivity index (χ3v) is 2.73. The Balaban J connectivity index is 2.16. The second-order valence-corrected chi connectivity index (χ2v) is 3.97. The molecule has 96 valence electrons. The molecular formula is C12H14N2O4. The van der Waals surface area contributed by atoms with Crippen LogP contribution in [0.4, 0.5) is 0 Å². The van der Waals surface area contributed by atoms with Crippen molar-refractivity contribution in [2.45, 2.75) is 18.6 Å². The molecule has 0 aliphatic heterocycles. The first-order chi connectivity index (χ1) is 8.61. The van der Waals surface area contributed by atoms with Crippen LogP contribution in [0.5, 0.6) is 0 Å². The SMILES string of the molecule is COC(=O)CC(O)C(O)c1cnc2cc[nH]c2c1. The molecule has 0 aliphatic carbocycles. The number of nitrogens with one attached hydrogen (secondary N) is 1. The molecule has 2 aromatic heterocycles. The van der Waals surface area contributed by atoms with E-state index in [1.165, 1.54) is 13.3 Å². The third kappa shape index (κ3) is 2.49. The van der Waals surface area contributed by atoms with Crippen molar-refractivity contribution in [2.75, 3.05) is 7.11 Å². The number of H-pyrrole nitrogens is 1. The van der Waals surface area contributed by atoms with E-state index < -0.39 is 18.2 Å². The van der Waals surface area contributed by atoms with E-state index in [4.69, 9.17) is 0 Å². The summed E-state index contributed by atoms with van der Waals surface area (Å²) in [4.78, 5) is 18.1. The van der Waals surface area contributed by atoms with E-state index in [0.29, 0.717) is 5.56 Å². The molecule has 2 atom stereocenters. The Morgan fingerprint density at radius 2 is 2.33 bits per heavy atom. The summed E-state index contributed by atoms with van der Waals surface area (Å²) in [6.45, 7) is 0. The summed E-state index contributed by atoms with van der Waals surface area (Å²) in [7, 11) is 1.23. The lowest BCUT2D eigenvalue weighted by atomic mass is 10.0. The number of aromatic amines is 1. The first-order valence-corrected chi connectivity index (χ1v) is 5.48. The summed E-state index contributed by atoms with van der Waals surface area (Å²) >= 11 is 0. The fourth-order valence-corrected chi connectivity index (χ4v) is 1.70. The molecule has 0 fully saturated rings. The number of methoxy groups -OCH3 is 1. The highest BCUT2D eigenvalue weighted by Gasteiger charge is 2.22. The van der Waals surface area contributed by atoms with Crippen molar-refractivity contribution in [3.63, 3.8) is 0 Å². The Morgan fingerprint density at radius 1 is 1.56 bits per heavy atom. The Bertz CT molecular complexity index is 552. The first-order valence-electron chi connectivity index (χ1n) is 5.48. The predicted octanol–water partition coefficient (Wildman–Crippen LogP) is 0.520. The van der Waals surface area contributed by atoms with E-state index in [9.17, 15) is 15.0 Å². The van der Waals surface area contributed by atoms with Crippen LogP contribution in [-0.2, 0) is 9.53 Å². The maximum atomic E-state index is 11.0.